The lowest BCUT2D eigenvalue weighted by Gasteiger charge is -2.14. The third-order valence-electron chi connectivity index (χ3n) is 4.12. The largest absolute Gasteiger partial charge is 0.465 e. The van der Waals surface area contributed by atoms with Crippen LogP contribution in [0, 0.1) is 5.92 Å². The molecule has 1 aliphatic carbocycles. The average Bonchev–Trinajstić information content (AvgIpc) is 3.12. The fourth-order valence-electron chi connectivity index (χ4n) is 2.80. The van der Waals surface area contributed by atoms with E-state index in [2.05, 4.69) is 15.4 Å². The van der Waals surface area contributed by atoms with Crippen LogP contribution in [0.5, 0.6) is 0 Å². The first kappa shape index (κ1) is 17.8. The zero-order valence-electron chi connectivity index (χ0n) is 13.9. The van der Waals surface area contributed by atoms with Crippen molar-refractivity contribution in [3.63, 3.8) is 0 Å². The van der Waals surface area contributed by atoms with Crippen molar-refractivity contribution in [2.24, 2.45) is 5.92 Å². The standard InChI is InChI=1S/C17H22N2O5/c1-23-15(20)12-7-8-13(16(21)24-2)14(9-12)19-17(22)18-10-11-5-3-4-6-11/h7-9,11H,3-6,10H2,1-2H3,(H2,18,19,22). The summed E-state index contributed by atoms with van der Waals surface area (Å²) in [6.45, 7) is 0.593. The number of esters is 2. The summed E-state index contributed by atoms with van der Waals surface area (Å²) in [6.07, 6.45) is 4.63. The Kier molecular flexibility index (Phi) is 6.17. The lowest BCUT2D eigenvalue weighted by molar-refractivity contribution is 0.0587. The Hall–Kier alpha value is -2.57. The van der Waals surface area contributed by atoms with Crippen molar-refractivity contribution in [2.45, 2.75) is 25.7 Å². The number of hydrogen-bond acceptors (Lipinski definition) is 5. The van der Waals surface area contributed by atoms with Crippen molar-refractivity contribution >= 4 is 23.7 Å². The van der Waals surface area contributed by atoms with Crippen LogP contribution in [0.2, 0.25) is 0 Å². The van der Waals surface area contributed by atoms with Crippen LogP contribution in [0.15, 0.2) is 18.2 Å². The molecule has 2 N–H and O–H groups in total. The van der Waals surface area contributed by atoms with E-state index in [9.17, 15) is 14.4 Å². The first-order chi connectivity index (χ1) is 11.5. The number of nitrogens with one attached hydrogen (secondary N) is 2. The van der Waals surface area contributed by atoms with Crippen LogP contribution >= 0.6 is 0 Å². The number of ether oxygens (including phenoxy) is 2. The minimum absolute atomic E-state index is 0.168. The molecule has 130 valence electrons. The summed E-state index contributed by atoms with van der Waals surface area (Å²) in [4.78, 5) is 35.6. The highest BCUT2D eigenvalue weighted by Crippen LogP contribution is 2.24. The number of amides is 2. The van der Waals surface area contributed by atoms with Gasteiger partial charge in [0.2, 0.25) is 0 Å². The molecule has 1 aromatic carbocycles. The van der Waals surface area contributed by atoms with Crippen molar-refractivity contribution in [1.82, 2.24) is 5.32 Å². The fraction of sp³-hybridized carbons (Fsp3) is 0.471. The Bertz CT molecular complexity index is 623. The Morgan fingerprint density at radius 2 is 1.75 bits per heavy atom. The second kappa shape index (κ2) is 8.33. The molecule has 7 nitrogen and oxygen atoms in total. The minimum atomic E-state index is -0.600. The summed E-state index contributed by atoms with van der Waals surface area (Å²) in [7, 11) is 2.51. The van der Waals surface area contributed by atoms with Crippen LogP contribution in [-0.2, 0) is 9.47 Å². The van der Waals surface area contributed by atoms with Gasteiger partial charge in [-0.2, -0.15) is 0 Å². The van der Waals surface area contributed by atoms with E-state index in [1.165, 1.54) is 45.3 Å². The molecule has 1 fully saturated rings. The molecule has 7 heteroatoms. The van der Waals surface area contributed by atoms with Crippen molar-refractivity contribution in [1.29, 1.82) is 0 Å². The normalized spacial score (nSPS) is 14.1. The zero-order valence-corrected chi connectivity index (χ0v) is 13.9. The average molecular weight is 334 g/mol. The highest BCUT2D eigenvalue weighted by molar-refractivity contribution is 6.03. The number of carbonyl (C=O) groups excluding carboxylic acids is 3. The van der Waals surface area contributed by atoms with Crippen LogP contribution < -0.4 is 10.6 Å². The molecule has 1 saturated carbocycles. The third-order valence-corrected chi connectivity index (χ3v) is 4.12. The maximum atomic E-state index is 12.1. The molecule has 0 spiro atoms. The van der Waals surface area contributed by atoms with Gasteiger partial charge in [-0.1, -0.05) is 12.8 Å². The molecule has 0 atom stereocenters. The number of anilines is 1. The van der Waals surface area contributed by atoms with Gasteiger partial charge in [0.1, 0.15) is 0 Å². The molecule has 0 unspecified atom stereocenters. The fourth-order valence-corrected chi connectivity index (χ4v) is 2.80. The molecular weight excluding hydrogens is 312 g/mol. The van der Waals surface area contributed by atoms with Gasteiger partial charge in [-0.05, 0) is 37.0 Å². The summed E-state index contributed by atoms with van der Waals surface area (Å²) in [5.41, 5.74) is 0.603. The van der Waals surface area contributed by atoms with E-state index in [-0.39, 0.29) is 16.8 Å². The minimum Gasteiger partial charge on any atom is -0.465 e. The van der Waals surface area contributed by atoms with Gasteiger partial charge in [0.25, 0.3) is 0 Å². The van der Waals surface area contributed by atoms with Crippen LogP contribution in [0.4, 0.5) is 10.5 Å². The molecule has 2 rings (SSSR count). The number of urea groups is 1. The topological polar surface area (TPSA) is 93.7 Å². The number of rotatable bonds is 5. The lowest BCUT2D eigenvalue weighted by Crippen LogP contribution is -2.33. The smallest absolute Gasteiger partial charge is 0.339 e. The molecule has 0 radical (unpaired) electrons. The number of methoxy groups -OCH3 is 2. The lowest BCUT2D eigenvalue weighted by atomic mass is 10.1. The first-order valence-electron chi connectivity index (χ1n) is 7.90. The third kappa shape index (κ3) is 4.47. The predicted octanol–water partition coefficient (Wildman–Crippen LogP) is 2.57. The van der Waals surface area contributed by atoms with E-state index in [4.69, 9.17) is 4.74 Å². The molecule has 0 aliphatic heterocycles. The highest BCUT2D eigenvalue weighted by atomic mass is 16.5. The van der Waals surface area contributed by atoms with Crippen LogP contribution in [-0.4, -0.2) is 38.7 Å². The Labute approximate surface area is 140 Å². The molecule has 0 aromatic heterocycles. The number of hydrogen-bond donors (Lipinski definition) is 2. The second-order valence-electron chi connectivity index (χ2n) is 5.73. The Morgan fingerprint density at radius 1 is 1.08 bits per heavy atom. The Morgan fingerprint density at radius 3 is 2.38 bits per heavy atom. The molecule has 24 heavy (non-hydrogen) atoms. The van der Waals surface area contributed by atoms with Gasteiger partial charge >= 0.3 is 18.0 Å². The van der Waals surface area contributed by atoms with E-state index in [0.717, 1.165) is 12.8 Å². The summed E-state index contributed by atoms with van der Waals surface area (Å²) in [5, 5.41) is 5.41. The van der Waals surface area contributed by atoms with Gasteiger partial charge in [0.15, 0.2) is 0 Å². The van der Waals surface area contributed by atoms with E-state index in [1.807, 2.05) is 0 Å². The van der Waals surface area contributed by atoms with E-state index < -0.39 is 18.0 Å². The summed E-state index contributed by atoms with van der Waals surface area (Å²) < 4.78 is 9.35. The molecule has 0 heterocycles. The maximum Gasteiger partial charge on any atom is 0.339 e. The summed E-state index contributed by atoms with van der Waals surface area (Å²) >= 11 is 0. The van der Waals surface area contributed by atoms with Gasteiger partial charge < -0.3 is 20.1 Å². The molecular formula is C17H22N2O5. The number of benzene rings is 1. The van der Waals surface area contributed by atoms with Crippen molar-refractivity contribution in [3.05, 3.63) is 29.3 Å². The van der Waals surface area contributed by atoms with Gasteiger partial charge in [-0.25, -0.2) is 14.4 Å². The quantitative estimate of drug-likeness (QED) is 0.807. The van der Waals surface area contributed by atoms with E-state index in [1.54, 1.807) is 0 Å². The molecule has 1 aromatic rings. The van der Waals surface area contributed by atoms with Gasteiger partial charge in [0.05, 0.1) is 31.0 Å². The van der Waals surface area contributed by atoms with Crippen molar-refractivity contribution in [3.8, 4) is 0 Å². The predicted molar refractivity (Wildman–Crippen MR) is 88.1 cm³/mol. The first-order valence-corrected chi connectivity index (χ1v) is 7.90. The van der Waals surface area contributed by atoms with Crippen LogP contribution in [0.1, 0.15) is 46.4 Å². The van der Waals surface area contributed by atoms with E-state index in [0.29, 0.717) is 12.5 Å². The van der Waals surface area contributed by atoms with Gasteiger partial charge in [-0.15, -0.1) is 0 Å². The monoisotopic (exact) mass is 334 g/mol. The maximum absolute atomic E-state index is 12.1. The van der Waals surface area contributed by atoms with Crippen LogP contribution in [0.25, 0.3) is 0 Å². The molecule has 0 saturated heterocycles. The molecule has 2 amide bonds. The SMILES string of the molecule is COC(=O)c1ccc(C(=O)OC)c(NC(=O)NCC2CCCC2)c1. The van der Waals surface area contributed by atoms with Crippen molar-refractivity contribution in [2.75, 3.05) is 26.1 Å². The zero-order chi connectivity index (χ0) is 17.5. The summed E-state index contributed by atoms with van der Waals surface area (Å²) in [6, 6.07) is 3.84. The second-order valence-corrected chi connectivity index (χ2v) is 5.73. The molecule has 1 aliphatic rings. The van der Waals surface area contributed by atoms with Gasteiger partial charge in [-0.3, -0.25) is 0 Å². The van der Waals surface area contributed by atoms with Crippen molar-refractivity contribution < 1.29 is 23.9 Å². The summed E-state index contributed by atoms with van der Waals surface area (Å²) in [5.74, 6) is -0.657. The highest BCUT2D eigenvalue weighted by Gasteiger charge is 2.19. The van der Waals surface area contributed by atoms with Crippen LogP contribution in [0.3, 0.4) is 0 Å². The molecule has 0 bridgehead atoms. The van der Waals surface area contributed by atoms with Gasteiger partial charge in [0, 0.05) is 6.54 Å². The number of carbonyl (C=O) groups is 3. The Balaban J connectivity index is 2.10. The van der Waals surface area contributed by atoms with E-state index >= 15 is 0 Å².